The summed E-state index contributed by atoms with van der Waals surface area (Å²) in [6.07, 6.45) is 0.864. The molecule has 0 aliphatic heterocycles. The molecule has 0 aliphatic carbocycles. The summed E-state index contributed by atoms with van der Waals surface area (Å²) in [7, 11) is 0. The molecular formula is C15H21FN2O3. The van der Waals surface area contributed by atoms with Gasteiger partial charge in [-0.1, -0.05) is 13.3 Å². The zero-order valence-electron chi connectivity index (χ0n) is 12.5. The van der Waals surface area contributed by atoms with Crippen molar-refractivity contribution in [2.45, 2.75) is 39.7 Å². The molecular weight excluding hydrogens is 275 g/mol. The Labute approximate surface area is 123 Å². The quantitative estimate of drug-likeness (QED) is 0.479. The number of unbranched alkanes of at least 4 members (excludes halogenated alkanes) is 1. The van der Waals surface area contributed by atoms with Crippen LogP contribution < -0.4 is 11.1 Å². The zero-order valence-corrected chi connectivity index (χ0v) is 12.5. The minimum absolute atomic E-state index is 0.0104. The fraction of sp³-hybridized carbons (Fsp3) is 0.467. The first-order chi connectivity index (χ1) is 9.86. The number of esters is 1. The van der Waals surface area contributed by atoms with Gasteiger partial charge in [-0.25, -0.2) is 9.18 Å². The number of rotatable bonds is 6. The summed E-state index contributed by atoms with van der Waals surface area (Å²) in [5.41, 5.74) is 6.04. The van der Waals surface area contributed by atoms with Crippen molar-refractivity contribution in [1.29, 1.82) is 0 Å². The van der Waals surface area contributed by atoms with E-state index in [9.17, 15) is 14.0 Å². The number of anilines is 1. The van der Waals surface area contributed by atoms with E-state index in [1.807, 2.05) is 6.92 Å². The number of carbonyl (C=O) groups excluding carboxylic acids is 2. The molecule has 0 aliphatic rings. The average molecular weight is 296 g/mol. The lowest BCUT2D eigenvalue weighted by Crippen LogP contribution is -2.36. The van der Waals surface area contributed by atoms with Crippen LogP contribution in [0.4, 0.5) is 10.1 Å². The smallest absolute Gasteiger partial charge is 0.339 e. The van der Waals surface area contributed by atoms with Gasteiger partial charge in [0, 0.05) is 17.8 Å². The highest BCUT2D eigenvalue weighted by Crippen LogP contribution is 2.18. The van der Waals surface area contributed by atoms with E-state index >= 15 is 0 Å². The van der Waals surface area contributed by atoms with E-state index < -0.39 is 17.9 Å². The molecule has 1 atom stereocenters. The summed E-state index contributed by atoms with van der Waals surface area (Å²) < 4.78 is 18.5. The van der Waals surface area contributed by atoms with Crippen LogP contribution in [-0.4, -0.2) is 24.5 Å². The van der Waals surface area contributed by atoms with E-state index in [1.54, 1.807) is 0 Å². The third-order valence-electron chi connectivity index (χ3n) is 3.10. The third kappa shape index (κ3) is 4.73. The van der Waals surface area contributed by atoms with E-state index in [1.165, 1.54) is 19.9 Å². The number of nitrogens with one attached hydrogen (secondary N) is 1. The molecule has 0 bridgehead atoms. The van der Waals surface area contributed by atoms with Gasteiger partial charge in [0.1, 0.15) is 5.82 Å². The number of nitrogens with two attached hydrogens (primary N) is 1. The third-order valence-corrected chi connectivity index (χ3v) is 3.10. The topological polar surface area (TPSA) is 81.4 Å². The molecule has 5 nitrogen and oxygen atoms in total. The van der Waals surface area contributed by atoms with Crippen molar-refractivity contribution >= 4 is 17.6 Å². The molecule has 1 aromatic rings. The molecule has 21 heavy (non-hydrogen) atoms. The van der Waals surface area contributed by atoms with Crippen LogP contribution in [0.2, 0.25) is 0 Å². The van der Waals surface area contributed by atoms with Crippen LogP contribution in [-0.2, 0) is 9.53 Å². The molecule has 1 rings (SSSR count). The van der Waals surface area contributed by atoms with Gasteiger partial charge < -0.3 is 15.8 Å². The first-order valence-electron chi connectivity index (χ1n) is 6.91. The summed E-state index contributed by atoms with van der Waals surface area (Å²) in [6.45, 7) is 5.52. The normalized spacial score (nSPS) is 11.8. The molecule has 0 radical (unpaired) electrons. The molecule has 116 valence electrons. The van der Waals surface area contributed by atoms with E-state index in [0.717, 1.165) is 18.9 Å². The van der Waals surface area contributed by atoms with Crippen LogP contribution in [0.3, 0.4) is 0 Å². The molecule has 0 heterocycles. The largest absolute Gasteiger partial charge is 0.449 e. The van der Waals surface area contributed by atoms with Crippen molar-refractivity contribution in [3.8, 4) is 0 Å². The first kappa shape index (κ1) is 16.9. The molecule has 1 amide bonds. The predicted octanol–water partition coefficient (Wildman–Crippen LogP) is 2.18. The number of carbonyl (C=O) groups is 2. The Morgan fingerprint density at radius 1 is 1.43 bits per heavy atom. The van der Waals surface area contributed by atoms with Crippen molar-refractivity contribution in [2.75, 3.05) is 12.3 Å². The lowest BCUT2D eigenvalue weighted by Gasteiger charge is -2.14. The van der Waals surface area contributed by atoms with Gasteiger partial charge in [0.2, 0.25) is 0 Å². The van der Waals surface area contributed by atoms with E-state index in [2.05, 4.69) is 5.32 Å². The Hall–Kier alpha value is -2.11. The number of hydrogen-bond acceptors (Lipinski definition) is 4. The molecule has 0 fully saturated rings. The fourth-order valence-corrected chi connectivity index (χ4v) is 1.63. The summed E-state index contributed by atoms with van der Waals surface area (Å²) in [5.74, 6) is -1.74. The average Bonchev–Trinajstić information content (AvgIpc) is 2.44. The van der Waals surface area contributed by atoms with Gasteiger partial charge in [-0.3, -0.25) is 4.79 Å². The maximum atomic E-state index is 13.5. The Bertz CT molecular complexity index is 509. The van der Waals surface area contributed by atoms with Gasteiger partial charge in [0.15, 0.2) is 6.10 Å². The first-order valence-corrected chi connectivity index (χ1v) is 6.91. The zero-order chi connectivity index (χ0) is 16.0. The molecule has 3 N–H and O–H groups in total. The lowest BCUT2D eigenvalue weighted by atomic mass is 10.1. The fourth-order valence-electron chi connectivity index (χ4n) is 1.63. The van der Waals surface area contributed by atoms with Crippen molar-refractivity contribution in [3.63, 3.8) is 0 Å². The monoisotopic (exact) mass is 296 g/mol. The van der Waals surface area contributed by atoms with E-state index in [0.29, 0.717) is 6.54 Å². The molecule has 0 saturated heterocycles. The van der Waals surface area contributed by atoms with Gasteiger partial charge in [0.25, 0.3) is 5.91 Å². The summed E-state index contributed by atoms with van der Waals surface area (Å²) in [5, 5.41) is 2.66. The van der Waals surface area contributed by atoms with E-state index in [4.69, 9.17) is 10.5 Å². The number of benzene rings is 1. The van der Waals surface area contributed by atoms with Crippen molar-refractivity contribution in [2.24, 2.45) is 0 Å². The number of ether oxygens (including phenoxy) is 1. The van der Waals surface area contributed by atoms with Crippen LogP contribution in [0.15, 0.2) is 12.1 Å². The highest BCUT2D eigenvalue weighted by molar-refractivity contribution is 5.93. The Morgan fingerprint density at radius 2 is 2.10 bits per heavy atom. The van der Waals surface area contributed by atoms with Crippen LogP contribution >= 0.6 is 0 Å². The SMILES string of the molecule is CCCCNC(=O)C(C)OC(=O)c1cc(N)c(C)c(F)c1. The van der Waals surface area contributed by atoms with Crippen molar-refractivity contribution in [3.05, 3.63) is 29.1 Å². The Balaban J connectivity index is 2.66. The van der Waals surface area contributed by atoms with Crippen molar-refractivity contribution in [1.82, 2.24) is 5.32 Å². The Kier molecular flexibility index (Phi) is 6.14. The second-order valence-electron chi connectivity index (χ2n) is 4.86. The summed E-state index contributed by atoms with van der Waals surface area (Å²) >= 11 is 0. The maximum Gasteiger partial charge on any atom is 0.339 e. The second-order valence-corrected chi connectivity index (χ2v) is 4.86. The minimum atomic E-state index is -0.944. The van der Waals surface area contributed by atoms with Gasteiger partial charge >= 0.3 is 5.97 Å². The highest BCUT2D eigenvalue weighted by Gasteiger charge is 2.19. The number of hydrogen-bond donors (Lipinski definition) is 2. The molecule has 0 spiro atoms. The molecule has 1 aromatic carbocycles. The van der Waals surface area contributed by atoms with Crippen LogP contribution in [0.5, 0.6) is 0 Å². The highest BCUT2D eigenvalue weighted by atomic mass is 19.1. The second kappa shape index (κ2) is 7.61. The predicted molar refractivity (Wildman–Crippen MR) is 78.3 cm³/mol. The number of nitrogen functional groups attached to an aromatic ring is 1. The van der Waals surface area contributed by atoms with Gasteiger partial charge in [-0.15, -0.1) is 0 Å². The van der Waals surface area contributed by atoms with Gasteiger partial charge in [-0.2, -0.15) is 0 Å². The summed E-state index contributed by atoms with van der Waals surface area (Å²) in [4.78, 5) is 23.6. The molecule has 0 saturated carbocycles. The van der Waals surface area contributed by atoms with Gasteiger partial charge in [-0.05, 0) is 32.4 Å². The summed E-state index contributed by atoms with van der Waals surface area (Å²) in [6, 6.07) is 2.39. The van der Waals surface area contributed by atoms with Crippen LogP contribution in [0.25, 0.3) is 0 Å². The Morgan fingerprint density at radius 3 is 2.67 bits per heavy atom. The van der Waals surface area contributed by atoms with Crippen LogP contribution in [0, 0.1) is 12.7 Å². The van der Waals surface area contributed by atoms with Gasteiger partial charge in [0.05, 0.1) is 5.56 Å². The van der Waals surface area contributed by atoms with Crippen molar-refractivity contribution < 1.29 is 18.7 Å². The molecule has 1 unspecified atom stereocenters. The molecule has 6 heteroatoms. The minimum Gasteiger partial charge on any atom is -0.449 e. The number of halogens is 1. The number of amides is 1. The van der Waals surface area contributed by atoms with E-state index in [-0.39, 0.29) is 22.7 Å². The lowest BCUT2D eigenvalue weighted by molar-refractivity contribution is -0.129. The maximum absolute atomic E-state index is 13.5. The standard InChI is InChI=1S/C15H21FN2O3/c1-4-5-6-18-14(19)10(3)21-15(20)11-7-12(16)9(2)13(17)8-11/h7-8,10H,4-6,17H2,1-3H3,(H,18,19). The molecule has 0 aromatic heterocycles. The van der Waals surface area contributed by atoms with Crippen LogP contribution in [0.1, 0.15) is 42.6 Å².